The van der Waals surface area contributed by atoms with Crippen LogP contribution in [0.4, 0.5) is 5.82 Å². The highest BCUT2D eigenvalue weighted by Gasteiger charge is 2.10. The molecule has 1 amide bonds. The van der Waals surface area contributed by atoms with E-state index in [1.807, 2.05) is 18.3 Å². The van der Waals surface area contributed by atoms with Crippen molar-refractivity contribution in [3.8, 4) is 0 Å². The standard InChI is InChI=1S/C18H19N3O3/c1-2-21-8-7-14-10-19-17(9-15(14)21)20-18(24)13-5-3-12(4-6-13)16(23)11-22/h3-10,16,22-23H,2,11H2,1H3,(H,19,20,24). The number of hydrogen-bond acceptors (Lipinski definition) is 4. The number of amides is 1. The second-order valence-electron chi connectivity index (χ2n) is 5.50. The van der Waals surface area contributed by atoms with E-state index in [1.54, 1.807) is 30.5 Å². The fourth-order valence-corrected chi connectivity index (χ4v) is 2.58. The Bertz CT molecular complexity index is 856. The van der Waals surface area contributed by atoms with Crippen LogP contribution >= 0.6 is 0 Å². The molecule has 3 aromatic rings. The number of aryl methyl sites for hydroxylation is 1. The molecule has 1 unspecified atom stereocenters. The van der Waals surface area contributed by atoms with Crippen LogP contribution in [0.3, 0.4) is 0 Å². The van der Waals surface area contributed by atoms with Crippen LogP contribution in [0.5, 0.6) is 0 Å². The number of nitrogens with zero attached hydrogens (tertiary/aromatic N) is 2. The molecule has 2 heterocycles. The first-order valence-electron chi connectivity index (χ1n) is 7.77. The predicted octanol–water partition coefficient (Wildman–Crippen LogP) is 2.33. The quantitative estimate of drug-likeness (QED) is 0.672. The lowest BCUT2D eigenvalue weighted by Gasteiger charge is -2.09. The Morgan fingerprint density at radius 3 is 2.71 bits per heavy atom. The van der Waals surface area contributed by atoms with Gasteiger partial charge in [-0.25, -0.2) is 4.98 Å². The summed E-state index contributed by atoms with van der Waals surface area (Å²) in [5.74, 6) is 0.210. The van der Waals surface area contributed by atoms with Crippen LogP contribution in [0, 0.1) is 0 Å². The SMILES string of the molecule is CCn1ccc2cnc(NC(=O)c3ccc(C(O)CO)cc3)cc21. The predicted molar refractivity (Wildman–Crippen MR) is 91.8 cm³/mol. The molecule has 6 nitrogen and oxygen atoms in total. The van der Waals surface area contributed by atoms with Crippen LogP contribution in [0.1, 0.15) is 28.9 Å². The molecule has 2 aromatic heterocycles. The zero-order chi connectivity index (χ0) is 17.1. The number of aromatic nitrogens is 2. The third-order valence-corrected chi connectivity index (χ3v) is 3.97. The van der Waals surface area contributed by atoms with E-state index in [4.69, 9.17) is 5.11 Å². The van der Waals surface area contributed by atoms with Crippen LogP contribution in [-0.4, -0.2) is 32.3 Å². The Labute approximate surface area is 139 Å². The lowest BCUT2D eigenvalue weighted by Crippen LogP contribution is -2.13. The Kier molecular flexibility index (Phi) is 4.59. The molecule has 0 fully saturated rings. The van der Waals surface area contributed by atoms with Crippen molar-refractivity contribution in [3.05, 3.63) is 59.9 Å². The minimum absolute atomic E-state index is 0.276. The highest BCUT2D eigenvalue weighted by Crippen LogP contribution is 2.19. The van der Waals surface area contributed by atoms with Crippen molar-refractivity contribution in [2.75, 3.05) is 11.9 Å². The summed E-state index contributed by atoms with van der Waals surface area (Å²) in [6.07, 6.45) is 2.79. The average Bonchev–Trinajstić information content (AvgIpc) is 3.03. The summed E-state index contributed by atoms with van der Waals surface area (Å²) in [5, 5.41) is 22.3. The summed E-state index contributed by atoms with van der Waals surface area (Å²) in [6, 6.07) is 10.3. The third kappa shape index (κ3) is 3.15. The number of aliphatic hydroxyl groups is 2. The van der Waals surface area contributed by atoms with Gasteiger partial charge in [0.1, 0.15) is 11.9 Å². The van der Waals surface area contributed by atoms with Gasteiger partial charge in [0.2, 0.25) is 0 Å². The molecule has 0 saturated heterocycles. The molecule has 0 aliphatic rings. The zero-order valence-corrected chi connectivity index (χ0v) is 13.3. The van der Waals surface area contributed by atoms with Crippen molar-refractivity contribution in [2.45, 2.75) is 19.6 Å². The van der Waals surface area contributed by atoms with Crippen molar-refractivity contribution in [2.24, 2.45) is 0 Å². The van der Waals surface area contributed by atoms with Gasteiger partial charge in [0.25, 0.3) is 5.91 Å². The normalized spacial score (nSPS) is 12.3. The number of fused-ring (bicyclic) bond motifs is 1. The molecule has 0 bridgehead atoms. The highest BCUT2D eigenvalue weighted by molar-refractivity contribution is 6.04. The molecule has 124 valence electrons. The highest BCUT2D eigenvalue weighted by atomic mass is 16.3. The summed E-state index contributed by atoms with van der Waals surface area (Å²) < 4.78 is 2.08. The van der Waals surface area contributed by atoms with Crippen LogP contribution in [0.15, 0.2) is 48.8 Å². The van der Waals surface area contributed by atoms with Crippen LogP contribution in [0.2, 0.25) is 0 Å². The second-order valence-corrected chi connectivity index (χ2v) is 5.50. The van der Waals surface area contributed by atoms with Crippen molar-refractivity contribution in [3.63, 3.8) is 0 Å². The van der Waals surface area contributed by atoms with E-state index < -0.39 is 6.10 Å². The van der Waals surface area contributed by atoms with Gasteiger partial charge >= 0.3 is 0 Å². The number of rotatable bonds is 5. The molecule has 0 radical (unpaired) electrons. The van der Waals surface area contributed by atoms with E-state index in [0.29, 0.717) is 16.9 Å². The summed E-state index contributed by atoms with van der Waals surface area (Å²) in [7, 11) is 0. The molecule has 1 atom stereocenters. The molecular formula is C18H19N3O3. The maximum Gasteiger partial charge on any atom is 0.256 e. The second kappa shape index (κ2) is 6.82. The number of benzene rings is 1. The minimum Gasteiger partial charge on any atom is -0.393 e. The smallest absolute Gasteiger partial charge is 0.256 e. The van der Waals surface area contributed by atoms with Gasteiger partial charge in [0, 0.05) is 36.0 Å². The molecule has 3 N–H and O–H groups in total. The monoisotopic (exact) mass is 325 g/mol. The Hall–Kier alpha value is -2.70. The van der Waals surface area contributed by atoms with E-state index >= 15 is 0 Å². The molecule has 24 heavy (non-hydrogen) atoms. The third-order valence-electron chi connectivity index (χ3n) is 3.97. The van der Waals surface area contributed by atoms with Gasteiger partial charge in [0.15, 0.2) is 0 Å². The number of pyridine rings is 1. The lowest BCUT2D eigenvalue weighted by atomic mass is 10.1. The fraction of sp³-hybridized carbons (Fsp3) is 0.222. The summed E-state index contributed by atoms with van der Waals surface area (Å²) in [4.78, 5) is 16.6. The Morgan fingerprint density at radius 1 is 1.29 bits per heavy atom. The molecule has 0 aliphatic heterocycles. The fourth-order valence-electron chi connectivity index (χ4n) is 2.58. The van der Waals surface area contributed by atoms with Gasteiger partial charge in [-0.05, 0) is 30.7 Å². The average molecular weight is 325 g/mol. The summed E-state index contributed by atoms with van der Waals surface area (Å²) in [5.41, 5.74) is 2.04. The van der Waals surface area contributed by atoms with Gasteiger partial charge in [-0.1, -0.05) is 12.1 Å². The summed E-state index contributed by atoms with van der Waals surface area (Å²) in [6.45, 7) is 2.54. The largest absolute Gasteiger partial charge is 0.393 e. The van der Waals surface area contributed by atoms with E-state index in [0.717, 1.165) is 17.4 Å². The first-order valence-corrected chi connectivity index (χ1v) is 7.77. The zero-order valence-electron chi connectivity index (χ0n) is 13.3. The van der Waals surface area contributed by atoms with Crippen molar-refractivity contribution in [1.82, 2.24) is 9.55 Å². The van der Waals surface area contributed by atoms with E-state index in [9.17, 15) is 9.90 Å². The van der Waals surface area contributed by atoms with E-state index in [-0.39, 0.29) is 12.5 Å². The van der Waals surface area contributed by atoms with Gasteiger partial charge < -0.3 is 20.1 Å². The Balaban J connectivity index is 1.79. The molecule has 0 saturated carbocycles. The molecular weight excluding hydrogens is 306 g/mol. The Morgan fingerprint density at radius 2 is 2.04 bits per heavy atom. The number of aliphatic hydroxyl groups excluding tert-OH is 2. The van der Waals surface area contributed by atoms with Crippen LogP contribution in [0.25, 0.3) is 10.9 Å². The van der Waals surface area contributed by atoms with Crippen LogP contribution < -0.4 is 5.32 Å². The molecule has 0 spiro atoms. The summed E-state index contributed by atoms with van der Waals surface area (Å²) >= 11 is 0. The molecule has 0 aliphatic carbocycles. The maximum atomic E-state index is 12.3. The first kappa shape index (κ1) is 16.2. The van der Waals surface area contributed by atoms with Gasteiger partial charge in [0.05, 0.1) is 12.1 Å². The number of carbonyl (C=O) groups excluding carboxylic acids is 1. The van der Waals surface area contributed by atoms with Crippen molar-refractivity contribution < 1.29 is 15.0 Å². The number of nitrogens with one attached hydrogen (secondary N) is 1. The molecule has 3 rings (SSSR count). The topological polar surface area (TPSA) is 87.4 Å². The van der Waals surface area contributed by atoms with Crippen LogP contribution in [-0.2, 0) is 6.54 Å². The van der Waals surface area contributed by atoms with E-state index in [1.165, 1.54) is 0 Å². The maximum absolute atomic E-state index is 12.3. The lowest BCUT2D eigenvalue weighted by molar-refractivity contribution is 0.0954. The van der Waals surface area contributed by atoms with E-state index in [2.05, 4.69) is 21.8 Å². The first-order chi connectivity index (χ1) is 11.6. The van der Waals surface area contributed by atoms with Gasteiger partial charge in [-0.3, -0.25) is 4.79 Å². The number of carbonyl (C=O) groups is 1. The number of hydrogen-bond donors (Lipinski definition) is 3. The van der Waals surface area contributed by atoms with Crippen molar-refractivity contribution in [1.29, 1.82) is 0 Å². The number of anilines is 1. The molecule has 1 aromatic carbocycles. The molecule has 6 heteroatoms. The minimum atomic E-state index is -0.937. The van der Waals surface area contributed by atoms with Gasteiger partial charge in [-0.15, -0.1) is 0 Å². The van der Waals surface area contributed by atoms with Gasteiger partial charge in [-0.2, -0.15) is 0 Å². The van der Waals surface area contributed by atoms with Crippen molar-refractivity contribution >= 4 is 22.6 Å².